The van der Waals surface area contributed by atoms with Crippen LogP contribution in [0.3, 0.4) is 0 Å². The maximum Gasteiger partial charge on any atom is 0.341 e. The molecule has 0 atom stereocenters. The van der Waals surface area contributed by atoms with E-state index < -0.39 is 5.97 Å². The Morgan fingerprint density at radius 3 is 2.69 bits per heavy atom. The number of carboxylic acid groups (broad SMARTS) is 1. The highest BCUT2D eigenvalue weighted by molar-refractivity contribution is 5.94. The zero-order chi connectivity index (χ0) is 9.59. The summed E-state index contributed by atoms with van der Waals surface area (Å²) >= 11 is 0. The molecule has 0 spiro atoms. The first-order valence-electron chi connectivity index (χ1n) is 4.19. The number of nitrogen functional groups attached to an aromatic ring is 1. The summed E-state index contributed by atoms with van der Waals surface area (Å²) in [6.07, 6.45) is 2.09. The fourth-order valence-corrected chi connectivity index (χ4v) is 1.43. The van der Waals surface area contributed by atoms with Gasteiger partial charge in [-0.3, -0.25) is 0 Å². The molecule has 13 heavy (non-hydrogen) atoms. The Balaban J connectivity index is 2.50. The zero-order valence-corrected chi connectivity index (χ0v) is 7.32. The average molecular weight is 181 g/mol. The third kappa shape index (κ3) is 1.16. The molecule has 0 unspecified atom stereocenters. The van der Waals surface area contributed by atoms with Crippen LogP contribution in [0, 0.1) is 6.92 Å². The molecule has 1 saturated carbocycles. The number of aromatic carboxylic acids is 1. The number of anilines is 1. The lowest BCUT2D eigenvalue weighted by Crippen LogP contribution is -2.05. The van der Waals surface area contributed by atoms with Gasteiger partial charge in [0.15, 0.2) is 0 Å². The predicted molar refractivity (Wildman–Crippen MR) is 46.6 cm³/mol. The second-order valence-electron chi connectivity index (χ2n) is 3.33. The third-order valence-electron chi connectivity index (χ3n) is 2.23. The fraction of sp³-hybridized carbons (Fsp3) is 0.500. The lowest BCUT2D eigenvalue weighted by Gasteiger charge is -1.99. The lowest BCUT2D eigenvalue weighted by atomic mass is 10.2. The summed E-state index contributed by atoms with van der Waals surface area (Å²) in [4.78, 5) is 10.8. The molecule has 3 N–H and O–H groups in total. The Labute approximate surface area is 75.2 Å². The SMILES string of the molecule is Cc1nn(C2CC2)c(N)c1C(=O)O. The number of hydrogen-bond donors (Lipinski definition) is 2. The van der Waals surface area contributed by atoms with Crippen LogP contribution in [0.25, 0.3) is 0 Å². The molecule has 0 saturated heterocycles. The minimum absolute atomic E-state index is 0.145. The maximum atomic E-state index is 10.8. The molecule has 1 aliphatic carbocycles. The number of aromatic nitrogens is 2. The summed E-state index contributed by atoms with van der Waals surface area (Å²) in [5, 5.41) is 12.9. The van der Waals surface area contributed by atoms with Crippen molar-refractivity contribution >= 4 is 11.8 Å². The number of carboxylic acids is 1. The molecule has 1 aromatic rings. The van der Waals surface area contributed by atoms with E-state index in [1.807, 2.05) is 0 Å². The van der Waals surface area contributed by atoms with Crippen molar-refractivity contribution in [3.63, 3.8) is 0 Å². The first-order valence-corrected chi connectivity index (χ1v) is 4.19. The number of rotatable bonds is 2. The van der Waals surface area contributed by atoms with Gasteiger partial charge in [0.1, 0.15) is 11.4 Å². The standard InChI is InChI=1S/C8H11N3O2/c1-4-6(8(12)13)7(9)11(10-4)5-2-3-5/h5H,2-3,9H2,1H3,(H,12,13). The first kappa shape index (κ1) is 8.10. The Bertz CT molecular complexity index is 366. The van der Waals surface area contributed by atoms with Gasteiger partial charge in [0.2, 0.25) is 0 Å². The van der Waals surface area contributed by atoms with Crippen LogP contribution in [0.15, 0.2) is 0 Å². The first-order chi connectivity index (χ1) is 6.11. The Hall–Kier alpha value is -1.52. The Morgan fingerprint density at radius 1 is 1.69 bits per heavy atom. The summed E-state index contributed by atoms with van der Waals surface area (Å²) in [7, 11) is 0. The van der Waals surface area contributed by atoms with Crippen molar-refractivity contribution in [2.45, 2.75) is 25.8 Å². The number of aryl methyl sites for hydroxylation is 1. The van der Waals surface area contributed by atoms with E-state index in [2.05, 4.69) is 5.10 Å². The van der Waals surface area contributed by atoms with Gasteiger partial charge in [-0.15, -0.1) is 0 Å². The molecule has 1 aromatic heterocycles. The highest BCUT2D eigenvalue weighted by atomic mass is 16.4. The quantitative estimate of drug-likeness (QED) is 0.707. The van der Waals surface area contributed by atoms with E-state index in [9.17, 15) is 4.79 Å². The van der Waals surface area contributed by atoms with Crippen LogP contribution < -0.4 is 5.73 Å². The van der Waals surface area contributed by atoms with Crippen LogP contribution in [0.4, 0.5) is 5.82 Å². The van der Waals surface area contributed by atoms with Gasteiger partial charge in [-0.25, -0.2) is 9.48 Å². The Kier molecular flexibility index (Phi) is 1.55. The number of nitrogens with two attached hydrogens (primary N) is 1. The summed E-state index contributed by atoms with van der Waals surface area (Å²) in [6, 6.07) is 0.326. The van der Waals surface area contributed by atoms with Crippen LogP contribution in [0.5, 0.6) is 0 Å². The lowest BCUT2D eigenvalue weighted by molar-refractivity contribution is 0.0697. The van der Waals surface area contributed by atoms with Crippen molar-refractivity contribution in [2.75, 3.05) is 5.73 Å². The van der Waals surface area contributed by atoms with Crippen molar-refractivity contribution in [3.05, 3.63) is 11.3 Å². The number of carbonyl (C=O) groups is 1. The zero-order valence-electron chi connectivity index (χ0n) is 7.32. The second kappa shape index (κ2) is 2.48. The smallest absolute Gasteiger partial charge is 0.341 e. The second-order valence-corrected chi connectivity index (χ2v) is 3.33. The van der Waals surface area contributed by atoms with Crippen molar-refractivity contribution in [1.82, 2.24) is 9.78 Å². The van der Waals surface area contributed by atoms with E-state index in [4.69, 9.17) is 10.8 Å². The minimum Gasteiger partial charge on any atom is -0.477 e. The van der Waals surface area contributed by atoms with Gasteiger partial charge in [0, 0.05) is 0 Å². The van der Waals surface area contributed by atoms with Crippen molar-refractivity contribution in [2.24, 2.45) is 0 Å². The molecule has 1 fully saturated rings. The molecule has 0 aliphatic heterocycles. The molecular weight excluding hydrogens is 170 g/mol. The number of nitrogens with zero attached hydrogens (tertiary/aromatic N) is 2. The molecule has 1 aliphatic rings. The van der Waals surface area contributed by atoms with Crippen LogP contribution >= 0.6 is 0 Å². The molecule has 5 heteroatoms. The normalized spacial score (nSPS) is 16.1. The van der Waals surface area contributed by atoms with Crippen LogP contribution in [-0.4, -0.2) is 20.9 Å². The largest absolute Gasteiger partial charge is 0.477 e. The minimum atomic E-state index is -0.998. The van der Waals surface area contributed by atoms with Gasteiger partial charge in [-0.1, -0.05) is 0 Å². The van der Waals surface area contributed by atoms with Crippen molar-refractivity contribution < 1.29 is 9.90 Å². The molecule has 70 valence electrons. The van der Waals surface area contributed by atoms with Gasteiger partial charge >= 0.3 is 5.97 Å². The Morgan fingerprint density at radius 2 is 2.31 bits per heavy atom. The summed E-state index contributed by atoms with van der Waals surface area (Å²) in [5.41, 5.74) is 6.31. The molecule has 0 bridgehead atoms. The van der Waals surface area contributed by atoms with E-state index in [1.54, 1.807) is 11.6 Å². The van der Waals surface area contributed by atoms with Gasteiger partial charge in [-0.2, -0.15) is 5.10 Å². The molecule has 2 rings (SSSR count). The highest BCUT2D eigenvalue weighted by Gasteiger charge is 2.29. The van der Waals surface area contributed by atoms with Crippen molar-refractivity contribution in [1.29, 1.82) is 0 Å². The molecule has 0 aromatic carbocycles. The van der Waals surface area contributed by atoms with Gasteiger partial charge in [0.05, 0.1) is 11.7 Å². The predicted octanol–water partition coefficient (Wildman–Crippen LogP) is 0.807. The fourth-order valence-electron chi connectivity index (χ4n) is 1.43. The average Bonchev–Trinajstić information content (AvgIpc) is 2.78. The van der Waals surface area contributed by atoms with Crippen LogP contribution in [-0.2, 0) is 0 Å². The third-order valence-corrected chi connectivity index (χ3v) is 2.23. The monoisotopic (exact) mass is 181 g/mol. The molecule has 1 heterocycles. The van der Waals surface area contributed by atoms with E-state index in [-0.39, 0.29) is 11.4 Å². The van der Waals surface area contributed by atoms with Crippen LogP contribution in [0.2, 0.25) is 0 Å². The van der Waals surface area contributed by atoms with Crippen LogP contribution in [0.1, 0.15) is 34.9 Å². The molecular formula is C8H11N3O2. The molecule has 5 nitrogen and oxygen atoms in total. The summed E-state index contributed by atoms with van der Waals surface area (Å²) in [5.74, 6) is -0.714. The van der Waals surface area contributed by atoms with Gasteiger partial charge < -0.3 is 10.8 Å². The van der Waals surface area contributed by atoms with Gasteiger partial charge in [-0.05, 0) is 19.8 Å². The summed E-state index contributed by atoms with van der Waals surface area (Å²) in [6.45, 7) is 1.67. The highest BCUT2D eigenvalue weighted by Crippen LogP contribution is 2.37. The topological polar surface area (TPSA) is 81.1 Å². The number of hydrogen-bond acceptors (Lipinski definition) is 3. The van der Waals surface area contributed by atoms with E-state index >= 15 is 0 Å². The maximum absolute atomic E-state index is 10.8. The summed E-state index contributed by atoms with van der Waals surface area (Å²) < 4.78 is 1.62. The molecule has 0 radical (unpaired) electrons. The van der Waals surface area contributed by atoms with E-state index in [1.165, 1.54) is 0 Å². The van der Waals surface area contributed by atoms with Gasteiger partial charge in [0.25, 0.3) is 0 Å². The van der Waals surface area contributed by atoms with E-state index in [0.29, 0.717) is 11.7 Å². The molecule has 0 amide bonds. The van der Waals surface area contributed by atoms with E-state index in [0.717, 1.165) is 12.8 Å². The van der Waals surface area contributed by atoms with Crippen molar-refractivity contribution in [3.8, 4) is 0 Å².